The highest BCUT2D eigenvalue weighted by Crippen LogP contribution is 2.85. The van der Waals surface area contributed by atoms with Crippen LogP contribution in [0.15, 0.2) is 0 Å². The minimum Gasteiger partial charge on any atom is -0.363 e. The number of ether oxygens (including phenoxy) is 1. The second-order valence-corrected chi connectivity index (χ2v) is 8.00. The summed E-state index contributed by atoms with van der Waals surface area (Å²) in [6.45, 7) is 0. The predicted molar refractivity (Wildman–Crippen MR) is 51.3 cm³/mol. The molecular formula is C6H6O14P2. The first-order valence-electron chi connectivity index (χ1n) is 5.57. The number of hydrogen-bond donors (Lipinski definition) is 5. The molecule has 0 aliphatic carbocycles. The zero-order valence-corrected chi connectivity index (χ0v) is 11.7. The topological polar surface area (TPSA) is 200 Å². The lowest BCUT2D eigenvalue weighted by Crippen LogP contribution is -2.88. The van der Waals surface area contributed by atoms with Crippen LogP contribution in [0.4, 0.5) is 0 Å². The van der Waals surface area contributed by atoms with Gasteiger partial charge in [-0.3, -0.25) is 9.26 Å². The molecule has 5 aliphatic heterocycles. The third-order valence-corrected chi connectivity index (χ3v) is 6.77. The molecular weight excluding hydrogens is 358 g/mol. The molecule has 5 saturated heterocycles. The van der Waals surface area contributed by atoms with E-state index in [1.807, 2.05) is 0 Å². The van der Waals surface area contributed by atoms with Crippen LogP contribution in [0.2, 0.25) is 0 Å². The van der Waals surface area contributed by atoms with Gasteiger partial charge in [0.2, 0.25) is 6.29 Å². The summed E-state index contributed by atoms with van der Waals surface area (Å²) in [5.74, 6) is -17.0. The molecule has 14 nitrogen and oxygen atoms in total. The van der Waals surface area contributed by atoms with E-state index in [0.717, 1.165) is 0 Å². The van der Waals surface area contributed by atoms with Crippen molar-refractivity contribution < 1.29 is 66.5 Å². The van der Waals surface area contributed by atoms with E-state index < -0.39 is 51.1 Å². The van der Waals surface area contributed by atoms with Crippen molar-refractivity contribution >= 4 is 15.6 Å². The van der Waals surface area contributed by atoms with Crippen molar-refractivity contribution in [2.24, 2.45) is 0 Å². The van der Waals surface area contributed by atoms with E-state index in [1.165, 1.54) is 0 Å². The Morgan fingerprint density at radius 1 is 0.773 bits per heavy atom. The minimum atomic E-state index is -4.79. The molecule has 16 heteroatoms. The van der Waals surface area contributed by atoms with Gasteiger partial charge in [-0.25, -0.2) is 31.7 Å². The lowest BCUT2D eigenvalue weighted by molar-refractivity contribution is -0.608. The normalized spacial score (nSPS) is 74.5. The maximum atomic E-state index is 12.0. The number of fused-ring (bicyclic) bond motifs is 3. The molecule has 0 aromatic rings. The molecule has 5 fully saturated rings. The monoisotopic (exact) mass is 364 g/mol. The van der Waals surface area contributed by atoms with E-state index in [-0.39, 0.29) is 0 Å². The van der Waals surface area contributed by atoms with Crippen molar-refractivity contribution in [3.8, 4) is 0 Å². The van der Waals surface area contributed by atoms with Crippen molar-refractivity contribution in [2.75, 3.05) is 0 Å². The Morgan fingerprint density at radius 3 is 1.95 bits per heavy atom. The Kier molecular flexibility index (Phi) is 2.02. The zero-order chi connectivity index (χ0) is 16.0. The van der Waals surface area contributed by atoms with Crippen LogP contribution in [-0.4, -0.2) is 60.9 Å². The van der Waals surface area contributed by atoms with Crippen LogP contribution >= 0.6 is 15.6 Å². The minimum absolute atomic E-state index is 2.37. The van der Waals surface area contributed by atoms with Crippen LogP contribution in [0.25, 0.3) is 0 Å². The third kappa shape index (κ3) is 1.05. The molecule has 5 aliphatic rings. The first-order valence-corrected chi connectivity index (χ1v) is 8.49. The molecule has 4 bridgehead atoms. The number of hydrogen-bond acceptors (Lipinski definition) is 14. The molecule has 0 amide bonds. The third-order valence-electron chi connectivity index (χ3n) is 3.88. The Bertz CT molecular complexity index is 718. The number of aliphatic hydroxyl groups excluding tert-OH is 1. The van der Waals surface area contributed by atoms with Crippen molar-refractivity contribution in [2.45, 2.75) is 35.4 Å². The summed E-state index contributed by atoms with van der Waals surface area (Å²) < 4.78 is 55.5. The molecule has 0 saturated carbocycles. The molecule has 3 unspecified atom stereocenters. The van der Waals surface area contributed by atoms with E-state index >= 15 is 0 Å². The molecule has 5 N–H and O–H groups in total. The van der Waals surface area contributed by atoms with E-state index in [0.29, 0.717) is 0 Å². The summed E-state index contributed by atoms with van der Waals surface area (Å²) in [4.78, 5) is 0. The Morgan fingerprint density at radius 2 is 1.36 bits per heavy atom. The maximum Gasteiger partial charge on any atom is 0.485 e. The van der Waals surface area contributed by atoms with E-state index in [1.54, 1.807) is 0 Å². The van der Waals surface area contributed by atoms with Gasteiger partial charge in [0.25, 0.3) is 11.6 Å². The van der Waals surface area contributed by atoms with Crippen molar-refractivity contribution in [1.29, 1.82) is 0 Å². The van der Waals surface area contributed by atoms with Crippen LogP contribution in [0.3, 0.4) is 0 Å². The van der Waals surface area contributed by atoms with Crippen LogP contribution in [0.5, 0.6) is 0 Å². The highest BCUT2D eigenvalue weighted by atomic mass is 31.2. The van der Waals surface area contributed by atoms with Gasteiger partial charge in [-0.2, -0.15) is 0 Å². The van der Waals surface area contributed by atoms with Gasteiger partial charge in [0.1, 0.15) is 0 Å². The van der Waals surface area contributed by atoms with Gasteiger partial charge in [-0.05, 0) is 0 Å². The maximum absolute atomic E-state index is 12.0. The van der Waals surface area contributed by atoms with Crippen LogP contribution in [0.1, 0.15) is 0 Å². The fourth-order valence-electron chi connectivity index (χ4n) is 2.93. The number of aliphatic hydroxyl groups is 5. The van der Waals surface area contributed by atoms with Crippen molar-refractivity contribution in [3.63, 3.8) is 0 Å². The van der Waals surface area contributed by atoms with E-state index in [2.05, 4.69) is 27.1 Å². The van der Waals surface area contributed by atoms with Crippen LogP contribution in [-0.2, 0) is 41.0 Å². The summed E-state index contributed by atoms with van der Waals surface area (Å²) in [5.41, 5.74) is 0. The standard InChI is InChI=1S/C6H6O14P2/c7-1-2-3(8,17-21(12,14-1)16-2)4(9)5(10)6(11,15-2)20-22(13,18-4)19-5/h1,7-11H/t1?,2-,3-,4+,5-,6+,21?,22?/m1/s1. The van der Waals surface area contributed by atoms with Gasteiger partial charge in [-0.15, -0.1) is 0 Å². The average Bonchev–Trinajstić information content (AvgIpc) is 2.84. The van der Waals surface area contributed by atoms with Gasteiger partial charge < -0.3 is 25.5 Å². The van der Waals surface area contributed by atoms with Gasteiger partial charge in [0, 0.05) is 0 Å². The Labute approximate surface area is 118 Å². The molecule has 124 valence electrons. The van der Waals surface area contributed by atoms with E-state index in [4.69, 9.17) is 4.74 Å². The smallest absolute Gasteiger partial charge is 0.363 e. The molecule has 8 atom stereocenters. The lowest BCUT2D eigenvalue weighted by atomic mass is 9.84. The SMILES string of the molecule is O=P12O[C@@]3(O)O[C@@]45OP(=O)(OC4O)O[C@@]5(O)[C@](O)(O1)[C@@]3(O)O2. The molecule has 5 rings (SSSR count). The molecule has 0 aromatic heterocycles. The van der Waals surface area contributed by atoms with Gasteiger partial charge in [-0.1, -0.05) is 0 Å². The second kappa shape index (κ2) is 3.10. The van der Waals surface area contributed by atoms with Crippen molar-refractivity contribution in [3.05, 3.63) is 0 Å². The molecule has 1 spiro atoms. The average molecular weight is 364 g/mol. The van der Waals surface area contributed by atoms with Gasteiger partial charge in [0.05, 0.1) is 0 Å². The first kappa shape index (κ1) is 14.3. The largest absolute Gasteiger partial charge is 0.485 e. The zero-order valence-electron chi connectivity index (χ0n) is 9.88. The molecule has 5 heterocycles. The predicted octanol–water partition coefficient (Wildman–Crippen LogP) is -2.89. The number of phosphoric acid groups is 2. The highest BCUT2D eigenvalue weighted by molar-refractivity contribution is 7.49. The summed E-state index contributed by atoms with van der Waals surface area (Å²) in [6, 6.07) is 0. The van der Waals surface area contributed by atoms with E-state index in [9.17, 15) is 34.7 Å². The second-order valence-electron chi connectivity index (χ2n) is 5.09. The number of rotatable bonds is 0. The van der Waals surface area contributed by atoms with Gasteiger partial charge >= 0.3 is 33.2 Å². The summed E-state index contributed by atoms with van der Waals surface area (Å²) in [6.07, 6.45) is -2.37. The summed E-state index contributed by atoms with van der Waals surface area (Å²) >= 11 is 0. The molecule has 0 aromatic carbocycles. The Balaban J connectivity index is 1.83. The summed E-state index contributed by atoms with van der Waals surface area (Å²) in [5, 5.41) is 51.1. The lowest BCUT2D eigenvalue weighted by Gasteiger charge is -2.57. The number of phosphoric ester groups is 2. The van der Waals surface area contributed by atoms with Crippen molar-refractivity contribution in [1.82, 2.24) is 0 Å². The highest BCUT2D eigenvalue weighted by Gasteiger charge is 3.02. The van der Waals surface area contributed by atoms with Gasteiger partial charge in [0.15, 0.2) is 0 Å². The fourth-order valence-corrected chi connectivity index (χ4v) is 6.30. The molecule has 0 radical (unpaired) electrons. The van der Waals surface area contributed by atoms with Crippen LogP contribution in [0, 0.1) is 0 Å². The summed E-state index contributed by atoms with van der Waals surface area (Å²) in [7, 11) is -9.48. The van der Waals surface area contributed by atoms with Crippen LogP contribution < -0.4 is 0 Å². The molecule has 22 heavy (non-hydrogen) atoms. The Hall–Kier alpha value is -0.0200. The fraction of sp³-hybridized carbons (Fsp3) is 1.00. The quantitative estimate of drug-likeness (QED) is 0.274. The first-order chi connectivity index (χ1) is 9.87.